The van der Waals surface area contributed by atoms with Crippen molar-refractivity contribution in [2.24, 2.45) is 28.1 Å². The normalized spacial score (nSPS) is 14.0. The smallest absolute Gasteiger partial charge is 0.326 e. The molecule has 0 saturated carbocycles. The summed E-state index contributed by atoms with van der Waals surface area (Å²) >= 11 is 0. The van der Waals surface area contributed by atoms with Gasteiger partial charge in [0, 0.05) is 13.0 Å². The predicted molar refractivity (Wildman–Crippen MR) is 125 cm³/mol. The van der Waals surface area contributed by atoms with Crippen LogP contribution in [0.4, 0.5) is 0 Å². The molecule has 4 unspecified atom stereocenters. The van der Waals surface area contributed by atoms with Gasteiger partial charge in [0.05, 0.1) is 12.5 Å². The van der Waals surface area contributed by atoms with Crippen molar-refractivity contribution in [2.75, 3.05) is 6.54 Å². The number of carboxylic acid groups (broad SMARTS) is 3. The first-order chi connectivity index (χ1) is 16.6. The Kier molecular flexibility index (Phi) is 14.1. The molecule has 0 rings (SSSR count). The standard InChI is InChI=1S/C20H35N7O9/c1-9(2)15(21)18(34)27-12(8-14(30)31)17(33)25-10(4-3-7-24-20(22)23)16(32)26-11(19(35)36)5-6-13(28)29/h9-12,15H,3-8,21H2,1-2H3,(H,25,33)(H,26,32)(H,27,34)(H,28,29)(H,30,31)(H,35,36)(H4,22,23,24). The van der Waals surface area contributed by atoms with E-state index in [2.05, 4.69) is 20.9 Å². The van der Waals surface area contributed by atoms with Gasteiger partial charge in [0.2, 0.25) is 17.7 Å². The molecule has 0 aromatic rings. The number of aliphatic carboxylic acids is 3. The Hall–Kier alpha value is -3.95. The molecule has 3 amide bonds. The fraction of sp³-hybridized carbons (Fsp3) is 0.650. The van der Waals surface area contributed by atoms with E-state index in [4.69, 9.17) is 27.4 Å². The number of nitrogens with one attached hydrogen (secondary N) is 3. The van der Waals surface area contributed by atoms with Crippen molar-refractivity contribution in [3.05, 3.63) is 0 Å². The van der Waals surface area contributed by atoms with Crippen molar-refractivity contribution in [3.8, 4) is 0 Å². The van der Waals surface area contributed by atoms with Crippen LogP contribution in [-0.4, -0.2) is 87.6 Å². The Morgan fingerprint density at radius 2 is 1.31 bits per heavy atom. The molecular weight excluding hydrogens is 482 g/mol. The van der Waals surface area contributed by atoms with E-state index >= 15 is 0 Å². The lowest BCUT2D eigenvalue weighted by Crippen LogP contribution is -2.58. The summed E-state index contributed by atoms with van der Waals surface area (Å²) in [6, 6.07) is -5.57. The Morgan fingerprint density at radius 3 is 1.78 bits per heavy atom. The molecule has 16 nitrogen and oxygen atoms in total. The van der Waals surface area contributed by atoms with Gasteiger partial charge < -0.3 is 48.5 Å². The van der Waals surface area contributed by atoms with Gasteiger partial charge in [-0.2, -0.15) is 0 Å². The molecule has 0 aliphatic heterocycles. The molecule has 12 N–H and O–H groups in total. The zero-order chi connectivity index (χ0) is 28.0. The molecular formula is C20H35N7O9. The molecule has 0 spiro atoms. The van der Waals surface area contributed by atoms with Crippen LogP contribution < -0.4 is 33.2 Å². The van der Waals surface area contributed by atoms with Crippen LogP contribution in [0.5, 0.6) is 0 Å². The summed E-state index contributed by atoms with van der Waals surface area (Å²) in [5.74, 6) is -7.48. The number of amides is 3. The van der Waals surface area contributed by atoms with E-state index in [9.17, 15) is 33.9 Å². The maximum atomic E-state index is 12.8. The van der Waals surface area contributed by atoms with Crippen molar-refractivity contribution < 1.29 is 44.1 Å². The summed E-state index contributed by atoms with van der Waals surface area (Å²) in [5.41, 5.74) is 16.2. The zero-order valence-corrected chi connectivity index (χ0v) is 20.1. The van der Waals surface area contributed by atoms with Gasteiger partial charge in [-0.1, -0.05) is 13.8 Å². The van der Waals surface area contributed by atoms with Crippen LogP contribution in [0.15, 0.2) is 4.99 Å². The van der Waals surface area contributed by atoms with Gasteiger partial charge in [-0.3, -0.25) is 29.0 Å². The lowest BCUT2D eigenvalue weighted by Gasteiger charge is -2.25. The molecule has 36 heavy (non-hydrogen) atoms. The van der Waals surface area contributed by atoms with Crippen molar-refractivity contribution >= 4 is 41.6 Å². The lowest BCUT2D eigenvalue weighted by atomic mass is 10.0. The third-order valence-corrected chi connectivity index (χ3v) is 4.87. The SMILES string of the molecule is CC(C)C(N)C(=O)NC(CC(=O)O)C(=O)NC(CCCN=C(N)N)C(=O)NC(CCC(=O)O)C(=O)O. The molecule has 0 aromatic heterocycles. The number of nitrogens with zero attached hydrogens (tertiary/aromatic N) is 1. The summed E-state index contributed by atoms with van der Waals surface area (Å²) in [4.78, 5) is 75.1. The van der Waals surface area contributed by atoms with E-state index < -0.39 is 79.1 Å². The van der Waals surface area contributed by atoms with Crippen LogP contribution in [0.3, 0.4) is 0 Å². The Labute approximate surface area is 207 Å². The first-order valence-electron chi connectivity index (χ1n) is 11.0. The third-order valence-electron chi connectivity index (χ3n) is 4.87. The quantitative estimate of drug-likeness (QED) is 0.0526. The number of nitrogens with two attached hydrogens (primary N) is 3. The molecule has 0 aliphatic carbocycles. The van der Waals surface area contributed by atoms with Crippen molar-refractivity contribution in [1.29, 1.82) is 0 Å². The van der Waals surface area contributed by atoms with Gasteiger partial charge in [-0.15, -0.1) is 0 Å². The molecule has 0 radical (unpaired) electrons. The fourth-order valence-electron chi connectivity index (χ4n) is 2.80. The number of carbonyl (C=O) groups excluding carboxylic acids is 3. The maximum absolute atomic E-state index is 12.8. The van der Waals surface area contributed by atoms with Crippen LogP contribution in [0.1, 0.15) is 46.0 Å². The lowest BCUT2D eigenvalue weighted by molar-refractivity contribution is -0.144. The minimum absolute atomic E-state index is 0.0574. The minimum atomic E-state index is -1.59. The number of hydrogen-bond acceptors (Lipinski definition) is 8. The van der Waals surface area contributed by atoms with Gasteiger partial charge in [-0.05, 0) is 25.2 Å². The molecule has 0 heterocycles. The van der Waals surface area contributed by atoms with E-state index in [1.54, 1.807) is 13.8 Å². The summed E-state index contributed by atoms with van der Waals surface area (Å²) in [5, 5.41) is 33.9. The molecule has 0 saturated heterocycles. The highest BCUT2D eigenvalue weighted by molar-refractivity contribution is 5.95. The molecule has 4 atom stereocenters. The summed E-state index contributed by atoms with van der Waals surface area (Å²) in [6.07, 6.45) is -1.73. The second kappa shape index (κ2) is 15.9. The van der Waals surface area contributed by atoms with Gasteiger partial charge >= 0.3 is 17.9 Å². The van der Waals surface area contributed by atoms with Gasteiger partial charge in [0.15, 0.2) is 5.96 Å². The van der Waals surface area contributed by atoms with Crippen LogP contribution in [0.2, 0.25) is 0 Å². The first kappa shape index (κ1) is 32.0. The monoisotopic (exact) mass is 517 g/mol. The summed E-state index contributed by atoms with van der Waals surface area (Å²) in [7, 11) is 0. The number of rotatable bonds is 17. The topological polar surface area (TPSA) is 290 Å². The van der Waals surface area contributed by atoms with E-state index in [0.29, 0.717) is 0 Å². The predicted octanol–water partition coefficient (Wildman–Crippen LogP) is -3.10. The third kappa shape index (κ3) is 13.1. The van der Waals surface area contributed by atoms with Crippen LogP contribution in [-0.2, 0) is 28.8 Å². The fourth-order valence-corrected chi connectivity index (χ4v) is 2.80. The molecule has 0 fully saturated rings. The average molecular weight is 518 g/mol. The largest absolute Gasteiger partial charge is 0.481 e. The second-order valence-electron chi connectivity index (χ2n) is 8.27. The highest BCUT2D eigenvalue weighted by atomic mass is 16.4. The van der Waals surface area contributed by atoms with Gasteiger partial charge in [-0.25, -0.2) is 4.79 Å². The number of aliphatic imine (C=N–C) groups is 1. The van der Waals surface area contributed by atoms with Crippen molar-refractivity contribution in [2.45, 2.75) is 70.1 Å². The molecule has 0 aliphatic rings. The number of guanidine groups is 1. The summed E-state index contributed by atoms with van der Waals surface area (Å²) in [6.45, 7) is 3.36. The number of hydrogen-bond donors (Lipinski definition) is 9. The first-order valence-corrected chi connectivity index (χ1v) is 11.0. The average Bonchev–Trinajstić information content (AvgIpc) is 2.76. The van der Waals surface area contributed by atoms with Crippen LogP contribution >= 0.6 is 0 Å². The van der Waals surface area contributed by atoms with E-state index in [1.807, 2.05) is 0 Å². The van der Waals surface area contributed by atoms with Gasteiger partial charge in [0.25, 0.3) is 0 Å². The van der Waals surface area contributed by atoms with Crippen LogP contribution in [0, 0.1) is 5.92 Å². The number of carboxylic acids is 3. The summed E-state index contributed by atoms with van der Waals surface area (Å²) < 4.78 is 0. The van der Waals surface area contributed by atoms with E-state index in [-0.39, 0.29) is 31.3 Å². The Balaban J connectivity index is 5.68. The van der Waals surface area contributed by atoms with Crippen molar-refractivity contribution in [3.63, 3.8) is 0 Å². The highest BCUT2D eigenvalue weighted by Gasteiger charge is 2.31. The minimum Gasteiger partial charge on any atom is -0.481 e. The van der Waals surface area contributed by atoms with E-state index in [0.717, 1.165) is 0 Å². The van der Waals surface area contributed by atoms with Crippen LogP contribution in [0.25, 0.3) is 0 Å². The molecule has 16 heteroatoms. The number of carbonyl (C=O) groups is 6. The Morgan fingerprint density at radius 1 is 0.778 bits per heavy atom. The zero-order valence-electron chi connectivity index (χ0n) is 20.1. The van der Waals surface area contributed by atoms with Gasteiger partial charge in [0.1, 0.15) is 18.1 Å². The molecule has 0 bridgehead atoms. The maximum Gasteiger partial charge on any atom is 0.326 e. The molecule has 0 aromatic carbocycles. The highest BCUT2D eigenvalue weighted by Crippen LogP contribution is 2.06. The van der Waals surface area contributed by atoms with Crippen molar-refractivity contribution in [1.82, 2.24) is 16.0 Å². The van der Waals surface area contributed by atoms with E-state index in [1.165, 1.54) is 0 Å². The second-order valence-corrected chi connectivity index (χ2v) is 8.27. The molecule has 204 valence electrons. The Bertz CT molecular complexity index is 843.